The van der Waals surface area contributed by atoms with Gasteiger partial charge in [-0.1, -0.05) is 36.4 Å². The molecule has 4 rings (SSSR count). The van der Waals surface area contributed by atoms with Crippen molar-refractivity contribution in [3.8, 4) is 5.75 Å². The third kappa shape index (κ3) is 3.75. The number of carbonyl (C=O) groups excluding carboxylic acids is 3. The Kier molecular flexibility index (Phi) is 5.34. The lowest BCUT2D eigenvalue weighted by Gasteiger charge is -2.26. The summed E-state index contributed by atoms with van der Waals surface area (Å²) in [7, 11) is 0. The number of carbonyl (C=O) groups is 3. The van der Waals surface area contributed by atoms with Crippen LogP contribution in [0.15, 0.2) is 54.6 Å². The van der Waals surface area contributed by atoms with E-state index >= 15 is 0 Å². The van der Waals surface area contributed by atoms with E-state index in [4.69, 9.17) is 4.74 Å². The summed E-state index contributed by atoms with van der Waals surface area (Å²) in [6.45, 7) is 0.552. The molecule has 28 heavy (non-hydrogen) atoms. The molecule has 7 heteroatoms. The number of benzene rings is 2. The number of hydrogen-bond acceptors (Lipinski definition) is 5. The molecule has 2 heterocycles. The van der Waals surface area contributed by atoms with Crippen LogP contribution in [-0.2, 0) is 14.4 Å². The predicted molar refractivity (Wildman–Crippen MR) is 107 cm³/mol. The number of nitrogens with zero attached hydrogens (tertiary/aromatic N) is 1. The van der Waals surface area contributed by atoms with Gasteiger partial charge in [0.2, 0.25) is 17.7 Å². The molecule has 2 aliphatic rings. The number of amides is 3. The molecule has 2 aromatic carbocycles. The van der Waals surface area contributed by atoms with E-state index < -0.39 is 5.25 Å². The summed E-state index contributed by atoms with van der Waals surface area (Å²) in [5, 5.41) is 2.49. The smallest absolute Gasteiger partial charge is 0.247 e. The van der Waals surface area contributed by atoms with Crippen molar-refractivity contribution in [3.63, 3.8) is 0 Å². The first-order valence-electron chi connectivity index (χ1n) is 9.18. The van der Waals surface area contributed by atoms with Crippen LogP contribution in [0.1, 0.15) is 24.4 Å². The Balaban J connectivity index is 1.35. The third-order valence-corrected chi connectivity index (χ3v) is 6.03. The van der Waals surface area contributed by atoms with Gasteiger partial charge in [-0.15, -0.1) is 11.8 Å². The first-order chi connectivity index (χ1) is 13.6. The van der Waals surface area contributed by atoms with E-state index in [1.54, 1.807) is 24.3 Å². The number of fused-ring (bicyclic) bond motifs is 1. The monoisotopic (exact) mass is 396 g/mol. The Bertz CT molecular complexity index is 902. The Labute approximate surface area is 167 Å². The van der Waals surface area contributed by atoms with Crippen molar-refractivity contribution >= 4 is 35.2 Å². The normalized spacial score (nSPS) is 21.2. The summed E-state index contributed by atoms with van der Waals surface area (Å²) in [5.41, 5.74) is 1.54. The van der Waals surface area contributed by atoms with Crippen LogP contribution in [-0.4, -0.2) is 35.3 Å². The van der Waals surface area contributed by atoms with E-state index in [1.807, 2.05) is 30.3 Å². The van der Waals surface area contributed by atoms with Gasteiger partial charge >= 0.3 is 0 Å². The van der Waals surface area contributed by atoms with E-state index in [9.17, 15) is 14.4 Å². The van der Waals surface area contributed by atoms with Gasteiger partial charge < -0.3 is 10.1 Å². The highest BCUT2D eigenvalue weighted by molar-refractivity contribution is 8.01. The number of imide groups is 1. The summed E-state index contributed by atoms with van der Waals surface area (Å²) in [4.78, 5) is 38.5. The largest absolute Gasteiger partial charge is 0.493 e. The number of ether oxygens (including phenoxy) is 1. The molecule has 0 saturated carbocycles. The van der Waals surface area contributed by atoms with Gasteiger partial charge in [0.15, 0.2) is 0 Å². The molecule has 2 aliphatic heterocycles. The molecule has 1 fully saturated rings. The predicted octanol–water partition coefficient (Wildman–Crippen LogP) is 2.69. The number of thioether (sulfide) groups is 1. The molecule has 0 spiro atoms. The molecule has 1 saturated heterocycles. The van der Waals surface area contributed by atoms with Gasteiger partial charge in [0.1, 0.15) is 5.75 Å². The molecule has 1 N–H and O–H groups in total. The maximum Gasteiger partial charge on any atom is 0.247 e. The minimum atomic E-state index is -0.527. The molecule has 0 aromatic heterocycles. The first kappa shape index (κ1) is 18.6. The zero-order chi connectivity index (χ0) is 19.5. The average molecular weight is 396 g/mol. The van der Waals surface area contributed by atoms with E-state index in [2.05, 4.69) is 5.32 Å². The molecule has 0 aliphatic carbocycles. The van der Waals surface area contributed by atoms with Gasteiger partial charge in [0, 0.05) is 18.4 Å². The zero-order valence-electron chi connectivity index (χ0n) is 15.2. The quantitative estimate of drug-likeness (QED) is 0.787. The van der Waals surface area contributed by atoms with Crippen molar-refractivity contribution in [2.24, 2.45) is 0 Å². The van der Waals surface area contributed by atoms with Crippen molar-refractivity contribution in [1.82, 2.24) is 5.32 Å². The molecular formula is C21H20N2O4S. The molecule has 0 radical (unpaired) electrons. The molecule has 6 nitrogen and oxygen atoms in total. The van der Waals surface area contributed by atoms with Crippen LogP contribution < -0.4 is 15.0 Å². The highest BCUT2D eigenvalue weighted by Gasteiger charge is 2.40. The lowest BCUT2D eigenvalue weighted by molar-refractivity contribution is -0.121. The lowest BCUT2D eigenvalue weighted by atomic mass is 10.0. The SMILES string of the molecule is O=C(CS[C@H]1CC(=O)N(c2ccccc2)C1=O)N[C@H]1CCOc2ccccc21. The van der Waals surface area contributed by atoms with Crippen molar-refractivity contribution < 1.29 is 19.1 Å². The molecule has 0 bridgehead atoms. The summed E-state index contributed by atoms with van der Waals surface area (Å²) in [5.74, 6) is 0.288. The third-order valence-electron chi connectivity index (χ3n) is 4.83. The van der Waals surface area contributed by atoms with Crippen LogP contribution in [0.5, 0.6) is 5.75 Å². The van der Waals surface area contributed by atoms with E-state index in [0.29, 0.717) is 18.7 Å². The fourth-order valence-corrected chi connectivity index (χ4v) is 4.43. The second-order valence-electron chi connectivity index (χ2n) is 6.70. The topological polar surface area (TPSA) is 75.7 Å². The van der Waals surface area contributed by atoms with Crippen LogP contribution in [0, 0.1) is 0 Å². The van der Waals surface area contributed by atoms with Crippen molar-refractivity contribution in [3.05, 3.63) is 60.2 Å². The van der Waals surface area contributed by atoms with Crippen LogP contribution >= 0.6 is 11.8 Å². The standard InChI is InChI=1S/C21H20N2O4S/c24-19(22-16-10-11-27-17-9-5-4-8-15(16)17)13-28-18-12-20(25)23(21(18)26)14-6-2-1-3-7-14/h1-9,16,18H,10-13H2,(H,22,24)/t16-,18-/m0/s1. The van der Waals surface area contributed by atoms with Gasteiger partial charge in [0.25, 0.3) is 0 Å². The zero-order valence-corrected chi connectivity index (χ0v) is 16.0. The number of anilines is 1. The van der Waals surface area contributed by atoms with Gasteiger partial charge in [-0.2, -0.15) is 0 Å². The van der Waals surface area contributed by atoms with E-state index in [1.165, 1.54) is 16.7 Å². The van der Waals surface area contributed by atoms with Gasteiger partial charge in [-0.25, -0.2) is 4.90 Å². The second-order valence-corrected chi connectivity index (χ2v) is 7.89. The molecule has 0 unspecified atom stereocenters. The Morgan fingerprint density at radius 1 is 1.11 bits per heavy atom. The Morgan fingerprint density at radius 2 is 1.86 bits per heavy atom. The lowest BCUT2D eigenvalue weighted by Crippen LogP contribution is -2.34. The minimum absolute atomic E-state index is 0.0974. The fourth-order valence-electron chi connectivity index (χ4n) is 3.49. The van der Waals surface area contributed by atoms with Gasteiger partial charge in [-0.05, 0) is 18.2 Å². The number of rotatable bonds is 5. The van der Waals surface area contributed by atoms with E-state index in [0.717, 1.165) is 11.3 Å². The Hall–Kier alpha value is -2.80. The maximum atomic E-state index is 12.6. The summed E-state index contributed by atoms with van der Waals surface area (Å²) in [6.07, 6.45) is 0.821. The first-order valence-corrected chi connectivity index (χ1v) is 10.2. The number of para-hydroxylation sites is 2. The number of hydrogen-bond donors (Lipinski definition) is 1. The molecular weight excluding hydrogens is 376 g/mol. The van der Waals surface area contributed by atoms with Crippen LogP contribution in [0.25, 0.3) is 0 Å². The summed E-state index contributed by atoms with van der Waals surface area (Å²) < 4.78 is 5.61. The molecule has 2 aromatic rings. The van der Waals surface area contributed by atoms with Crippen molar-refractivity contribution in [1.29, 1.82) is 0 Å². The van der Waals surface area contributed by atoms with Crippen LogP contribution in [0.4, 0.5) is 5.69 Å². The molecule has 2 atom stereocenters. The summed E-state index contributed by atoms with van der Waals surface area (Å²) in [6, 6.07) is 16.4. The highest BCUT2D eigenvalue weighted by atomic mass is 32.2. The second kappa shape index (κ2) is 8.06. The molecule has 3 amide bonds. The minimum Gasteiger partial charge on any atom is -0.493 e. The Morgan fingerprint density at radius 3 is 2.68 bits per heavy atom. The summed E-state index contributed by atoms with van der Waals surface area (Å²) >= 11 is 1.22. The maximum absolute atomic E-state index is 12.6. The number of nitrogens with one attached hydrogen (secondary N) is 1. The fraction of sp³-hybridized carbons (Fsp3) is 0.286. The van der Waals surface area contributed by atoms with E-state index in [-0.39, 0.29) is 35.9 Å². The van der Waals surface area contributed by atoms with Crippen LogP contribution in [0.2, 0.25) is 0 Å². The van der Waals surface area contributed by atoms with Gasteiger partial charge in [0.05, 0.1) is 29.3 Å². The molecule has 144 valence electrons. The average Bonchev–Trinajstić information content (AvgIpc) is 3.00. The van der Waals surface area contributed by atoms with Crippen LogP contribution in [0.3, 0.4) is 0 Å². The van der Waals surface area contributed by atoms with Crippen molar-refractivity contribution in [2.75, 3.05) is 17.3 Å². The van der Waals surface area contributed by atoms with Gasteiger partial charge in [-0.3, -0.25) is 14.4 Å². The van der Waals surface area contributed by atoms with Crippen molar-refractivity contribution in [2.45, 2.75) is 24.1 Å². The highest BCUT2D eigenvalue weighted by Crippen LogP contribution is 2.32.